The van der Waals surface area contributed by atoms with E-state index in [1.54, 1.807) is 6.92 Å². The highest BCUT2D eigenvalue weighted by Gasteiger charge is 2.05. The monoisotopic (exact) mass is 252 g/mol. The van der Waals surface area contributed by atoms with Crippen molar-refractivity contribution in [3.8, 4) is 0 Å². The Kier molecular flexibility index (Phi) is 2.72. The highest BCUT2D eigenvalue weighted by Crippen LogP contribution is 2.25. The largest absolute Gasteiger partial charge is 0.363 e. The third-order valence-corrected chi connectivity index (χ3v) is 2.92. The topological polar surface area (TPSA) is 70.7 Å². The van der Waals surface area contributed by atoms with Gasteiger partial charge in [0.1, 0.15) is 5.69 Å². The number of benzene rings is 2. The second kappa shape index (κ2) is 4.53. The van der Waals surface area contributed by atoms with E-state index in [0.717, 1.165) is 16.5 Å². The third kappa shape index (κ3) is 2.18. The fourth-order valence-electron chi connectivity index (χ4n) is 1.97. The molecule has 3 rings (SSSR count). The molecule has 19 heavy (non-hydrogen) atoms. The summed E-state index contributed by atoms with van der Waals surface area (Å²) in [5.41, 5.74) is 1.09. The first-order valence-electron chi connectivity index (χ1n) is 5.92. The van der Waals surface area contributed by atoms with Crippen molar-refractivity contribution in [2.45, 2.75) is 6.92 Å². The molecule has 0 aliphatic heterocycles. The summed E-state index contributed by atoms with van der Waals surface area (Å²) in [5, 5.41) is 11.6. The van der Waals surface area contributed by atoms with Crippen LogP contribution in [0.2, 0.25) is 0 Å². The molecule has 3 aromatic rings. The molecule has 0 fully saturated rings. The van der Waals surface area contributed by atoms with E-state index in [4.69, 9.17) is 0 Å². The van der Waals surface area contributed by atoms with Crippen molar-refractivity contribution >= 4 is 22.3 Å². The van der Waals surface area contributed by atoms with E-state index in [-0.39, 0.29) is 0 Å². The minimum atomic E-state index is -0.465. The molecule has 5 heteroatoms. The number of hydrogen-bond acceptors (Lipinski definition) is 4. The van der Waals surface area contributed by atoms with E-state index in [1.165, 1.54) is 0 Å². The average Bonchev–Trinajstić information content (AvgIpc) is 2.43. The second-order valence-corrected chi connectivity index (χ2v) is 4.23. The van der Waals surface area contributed by atoms with Gasteiger partial charge in [-0.2, -0.15) is 10.1 Å². The predicted octanol–water partition coefficient (Wildman–Crippen LogP) is 2.37. The molecule has 94 valence electrons. The van der Waals surface area contributed by atoms with Crippen LogP contribution < -0.4 is 11.0 Å². The van der Waals surface area contributed by atoms with Crippen molar-refractivity contribution < 1.29 is 0 Å². The second-order valence-electron chi connectivity index (χ2n) is 4.23. The molecule has 0 aliphatic carbocycles. The van der Waals surface area contributed by atoms with Gasteiger partial charge in [-0.3, -0.25) is 0 Å². The molecule has 0 spiro atoms. The quantitative estimate of drug-likeness (QED) is 0.734. The minimum Gasteiger partial charge on any atom is -0.338 e. The highest BCUT2D eigenvalue weighted by atomic mass is 16.1. The Morgan fingerprint density at radius 1 is 1.11 bits per heavy atom. The lowest BCUT2D eigenvalue weighted by molar-refractivity contribution is 0.885. The summed E-state index contributed by atoms with van der Waals surface area (Å²) < 4.78 is 0. The first-order valence-corrected chi connectivity index (χ1v) is 5.92. The van der Waals surface area contributed by atoms with Crippen LogP contribution >= 0.6 is 0 Å². The van der Waals surface area contributed by atoms with Crippen LogP contribution in [0.5, 0.6) is 0 Å². The number of rotatable bonds is 2. The average molecular weight is 252 g/mol. The van der Waals surface area contributed by atoms with Gasteiger partial charge in [0, 0.05) is 11.1 Å². The zero-order valence-electron chi connectivity index (χ0n) is 10.3. The van der Waals surface area contributed by atoms with Crippen LogP contribution in [-0.2, 0) is 0 Å². The fraction of sp³-hybridized carbons (Fsp3) is 0.0714. The number of nitrogens with one attached hydrogen (secondary N) is 2. The summed E-state index contributed by atoms with van der Waals surface area (Å²) in [5.74, 6) is 0.472. The van der Waals surface area contributed by atoms with Crippen molar-refractivity contribution in [2.75, 3.05) is 5.32 Å². The van der Waals surface area contributed by atoms with Gasteiger partial charge in [0.05, 0.1) is 0 Å². The molecule has 5 nitrogen and oxygen atoms in total. The lowest BCUT2D eigenvalue weighted by Gasteiger charge is -2.09. The molecule has 0 saturated carbocycles. The molecular weight excluding hydrogens is 240 g/mol. The SMILES string of the molecule is Cc1n[nH]c(=O)nc1Nc1cccc2ccccc12. The molecule has 0 saturated heterocycles. The molecule has 1 heterocycles. The molecule has 0 unspecified atom stereocenters. The van der Waals surface area contributed by atoms with Crippen molar-refractivity contribution in [2.24, 2.45) is 0 Å². The molecule has 2 aromatic carbocycles. The Bertz CT molecular complexity index is 789. The maximum Gasteiger partial charge on any atom is 0.363 e. The van der Waals surface area contributed by atoms with Crippen LogP contribution in [-0.4, -0.2) is 15.2 Å². The highest BCUT2D eigenvalue weighted by molar-refractivity contribution is 5.95. The van der Waals surface area contributed by atoms with Crippen molar-refractivity contribution in [3.05, 3.63) is 58.6 Å². The van der Waals surface area contributed by atoms with Gasteiger partial charge < -0.3 is 5.32 Å². The molecular formula is C14H12N4O. The molecule has 0 atom stereocenters. The lowest BCUT2D eigenvalue weighted by Crippen LogP contribution is -2.15. The number of aromatic amines is 1. The zero-order valence-corrected chi connectivity index (χ0v) is 10.3. The van der Waals surface area contributed by atoms with Gasteiger partial charge in [0.2, 0.25) is 0 Å². The molecule has 2 N–H and O–H groups in total. The Labute approximate surface area is 109 Å². The van der Waals surface area contributed by atoms with Crippen LogP contribution in [0.4, 0.5) is 11.5 Å². The van der Waals surface area contributed by atoms with Crippen molar-refractivity contribution in [1.29, 1.82) is 0 Å². The maximum atomic E-state index is 11.2. The van der Waals surface area contributed by atoms with E-state index in [1.807, 2.05) is 42.5 Å². The number of H-pyrrole nitrogens is 1. The number of hydrogen-bond donors (Lipinski definition) is 2. The Morgan fingerprint density at radius 3 is 2.79 bits per heavy atom. The molecule has 0 aliphatic rings. The van der Waals surface area contributed by atoms with Crippen molar-refractivity contribution in [3.63, 3.8) is 0 Å². The van der Waals surface area contributed by atoms with Gasteiger partial charge in [0.25, 0.3) is 0 Å². The van der Waals surface area contributed by atoms with Gasteiger partial charge >= 0.3 is 5.69 Å². The van der Waals surface area contributed by atoms with E-state index in [0.29, 0.717) is 11.5 Å². The number of fused-ring (bicyclic) bond motifs is 1. The summed E-state index contributed by atoms with van der Waals surface area (Å²) in [7, 11) is 0. The number of aryl methyl sites for hydroxylation is 1. The van der Waals surface area contributed by atoms with Crippen LogP contribution in [0.25, 0.3) is 10.8 Å². The van der Waals surface area contributed by atoms with Crippen LogP contribution in [0, 0.1) is 6.92 Å². The summed E-state index contributed by atoms with van der Waals surface area (Å²) >= 11 is 0. The third-order valence-electron chi connectivity index (χ3n) is 2.92. The van der Waals surface area contributed by atoms with E-state index in [2.05, 4.69) is 20.5 Å². The van der Waals surface area contributed by atoms with Crippen LogP contribution in [0.3, 0.4) is 0 Å². The van der Waals surface area contributed by atoms with Gasteiger partial charge in [-0.25, -0.2) is 9.89 Å². The van der Waals surface area contributed by atoms with Gasteiger partial charge in [0.15, 0.2) is 5.82 Å². The van der Waals surface area contributed by atoms with Gasteiger partial charge in [-0.15, -0.1) is 0 Å². The minimum absolute atomic E-state index is 0.465. The number of aromatic nitrogens is 3. The summed E-state index contributed by atoms with van der Waals surface area (Å²) in [6, 6.07) is 14.0. The summed E-state index contributed by atoms with van der Waals surface area (Å²) in [6.07, 6.45) is 0. The fourth-order valence-corrected chi connectivity index (χ4v) is 1.97. The summed E-state index contributed by atoms with van der Waals surface area (Å²) in [6.45, 7) is 1.79. The first-order chi connectivity index (χ1) is 9.24. The lowest BCUT2D eigenvalue weighted by atomic mass is 10.1. The molecule has 0 radical (unpaired) electrons. The van der Waals surface area contributed by atoms with Gasteiger partial charge in [-0.1, -0.05) is 36.4 Å². The van der Waals surface area contributed by atoms with Gasteiger partial charge in [-0.05, 0) is 18.4 Å². The number of nitrogens with zero attached hydrogens (tertiary/aromatic N) is 2. The smallest absolute Gasteiger partial charge is 0.338 e. The van der Waals surface area contributed by atoms with E-state index >= 15 is 0 Å². The normalized spacial score (nSPS) is 10.6. The maximum absolute atomic E-state index is 11.2. The van der Waals surface area contributed by atoms with Crippen molar-refractivity contribution in [1.82, 2.24) is 15.2 Å². The number of anilines is 2. The predicted molar refractivity (Wildman–Crippen MR) is 74.6 cm³/mol. The molecule has 0 bridgehead atoms. The Balaban J connectivity index is 2.11. The first kappa shape index (κ1) is 11.4. The van der Waals surface area contributed by atoms with Crippen LogP contribution in [0.15, 0.2) is 47.3 Å². The summed E-state index contributed by atoms with van der Waals surface area (Å²) in [4.78, 5) is 15.1. The standard InChI is InChI=1S/C14H12N4O/c1-9-13(16-14(19)18-17-9)15-12-8-4-6-10-5-2-3-7-11(10)12/h2-8H,1H3,(H2,15,16,18,19). The Hall–Kier alpha value is -2.69. The molecule has 1 aromatic heterocycles. The zero-order chi connectivity index (χ0) is 13.2. The van der Waals surface area contributed by atoms with Crippen LogP contribution in [0.1, 0.15) is 5.69 Å². The van der Waals surface area contributed by atoms with E-state index < -0.39 is 5.69 Å². The van der Waals surface area contributed by atoms with E-state index in [9.17, 15) is 4.79 Å². The Morgan fingerprint density at radius 2 is 1.89 bits per heavy atom. The molecule has 0 amide bonds.